The number of amides is 2. The van der Waals surface area contributed by atoms with E-state index in [1.807, 2.05) is 12.1 Å². The number of nitrogens with one attached hydrogen (secondary N) is 1. The number of methoxy groups -OCH3 is 2. The van der Waals surface area contributed by atoms with Gasteiger partial charge in [-0.1, -0.05) is 0 Å². The van der Waals surface area contributed by atoms with Crippen LogP contribution in [-0.4, -0.2) is 63.4 Å². The molecule has 0 aliphatic carbocycles. The van der Waals surface area contributed by atoms with Crippen LogP contribution in [0.4, 0.5) is 11.4 Å². The van der Waals surface area contributed by atoms with Crippen LogP contribution in [0.2, 0.25) is 0 Å². The first-order chi connectivity index (χ1) is 14.5. The summed E-state index contributed by atoms with van der Waals surface area (Å²) in [7, 11) is 3.06. The summed E-state index contributed by atoms with van der Waals surface area (Å²) in [5.74, 6) is 0.886. The fraction of sp³-hybridized carbons (Fsp3) is 0.364. The second kappa shape index (κ2) is 8.23. The molecule has 0 aromatic heterocycles. The molecule has 30 heavy (non-hydrogen) atoms. The summed E-state index contributed by atoms with van der Waals surface area (Å²) in [6.07, 6.45) is 0.197. The van der Waals surface area contributed by atoms with E-state index in [1.54, 1.807) is 37.4 Å². The Morgan fingerprint density at radius 2 is 1.70 bits per heavy atom. The molecule has 8 nitrogen and oxygen atoms in total. The van der Waals surface area contributed by atoms with Crippen molar-refractivity contribution in [2.75, 3.05) is 50.2 Å². The molecule has 2 saturated heterocycles. The first kappa shape index (κ1) is 20.0. The number of carbonyl (C=O) groups is 2. The minimum atomic E-state index is -0.383. The standard InChI is InChI=1S/C22H25N3O5/c1-29-17-7-8-18(20(13-17)30-2)25-21(27)14-19(22(25)28)24-11-9-23(10-12-24)15-3-5-16(26)6-4-15/h3-8,13,19,26H,9-12,14H2,1-2H3/p+1/t19-/m1/s1. The van der Waals surface area contributed by atoms with E-state index < -0.39 is 0 Å². The van der Waals surface area contributed by atoms with Crippen molar-refractivity contribution in [1.82, 2.24) is 0 Å². The number of piperazine rings is 1. The third-order valence-electron chi connectivity index (χ3n) is 5.89. The summed E-state index contributed by atoms with van der Waals surface area (Å²) in [5, 5.41) is 9.47. The van der Waals surface area contributed by atoms with Crippen LogP contribution in [0.3, 0.4) is 0 Å². The molecular weight excluding hydrogens is 386 g/mol. The Kier molecular flexibility index (Phi) is 5.50. The van der Waals surface area contributed by atoms with Crippen LogP contribution < -0.4 is 24.2 Å². The van der Waals surface area contributed by atoms with Crippen LogP contribution in [0.25, 0.3) is 0 Å². The van der Waals surface area contributed by atoms with Crippen molar-refractivity contribution >= 4 is 23.2 Å². The van der Waals surface area contributed by atoms with Gasteiger partial charge in [0.05, 0.1) is 52.5 Å². The number of quaternary nitrogens is 1. The quantitative estimate of drug-likeness (QED) is 0.694. The van der Waals surface area contributed by atoms with Crippen LogP contribution in [0.5, 0.6) is 17.2 Å². The van der Waals surface area contributed by atoms with Crippen molar-refractivity contribution in [1.29, 1.82) is 0 Å². The molecular formula is C22H26N3O5+. The lowest BCUT2D eigenvalue weighted by atomic mass is 10.1. The van der Waals surface area contributed by atoms with Crippen LogP contribution in [0, 0.1) is 0 Å². The third-order valence-corrected chi connectivity index (χ3v) is 5.89. The lowest BCUT2D eigenvalue weighted by Gasteiger charge is -2.35. The normalized spacial score (nSPS) is 20.0. The molecule has 4 rings (SSSR count). The SMILES string of the molecule is COc1ccc(N2C(=O)C[C@@H]([NH+]3CCN(c4ccc(O)cc4)CC3)C2=O)c(OC)c1. The highest BCUT2D eigenvalue weighted by molar-refractivity contribution is 6.22. The Morgan fingerprint density at radius 3 is 2.33 bits per heavy atom. The minimum Gasteiger partial charge on any atom is -0.508 e. The Bertz CT molecular complexity index is 938. The predicted octanol–water partition coefficient (Wildman–Crippen LogP) is 0.446. The number of rotatable bonds is 5. The summed E-state index contributed by atoms with van der Waals surface area (Å²) in [6, 6.07) is 11.8. The van der Waals surface area contributed by atoms with Gasteiger partial charge < -0.3 is 24.4 Å². The number of nitrogens with zero attached hydrogens (tertiary/aromatic N) is 2. The van der Waals surface area contributed by atoms with Gasteiger partial charge >= 0.3 is 0 Å². The number of ether oxygens (including phenoxy) is 2. The van der Waals surface area contributed by atoms with Crippen LogP contribution in [0.15, 0.2) is 42.5 Å². The molecule has 2 aromatic rings. The molecule has 0 spiro atoms. The van der Waals surface area contributed by atoms with E-state index in [0.29, 0.717) is 17.2 Å². The highest BCUT2D eigenvalue weighted by Crippen LogP contribution is 2.34. The number of benzene rings is 2. The minimum absolute atomic E-state index is 0.184. The van der Waals surface area contributed by atoms with Gasteiger partial charge in [-0.3, -0.25) is 9.59 Å². The Balaban J connectivity index is 1.47. The van der Waals surface area contributed by atoms with Gasteiger partial charge in [-0.25, -0.2) is 4.90 Å². The average molecular weight is 412 g/mol. The molecule has 2 heterocycles. The largest absolute Gasteiger partial charge is 0.508 e. The van der Waals surface area contributed by atoms with Crippen LogP contribution in [0.1, 0.15) is 6.42 Å². The number of hydrogen-bond acceptors (Lipinski definition) is 6. The van der Waals surface area contributed by atoms with Crippen molar-refractivity contribution < 1.29 is 29.1 Å². The molecule has 2 N–H and O–H groups in total. The van der Waals surface area contributed by atoms with Gasteiger partial charge in [-0.05, 0) is 36.4 Å². The molecule has 1 atom stereocenters. The number of carbonyl (C=O) groups excluding carboxylic acids is 2. The Labute approximate surface area is 175 Å². The summed E-state index contributed by atoms with van der Waals surface area (Å²) < 4.78 is 10.6. The predicted molar refractivity (Wildman–Crippen MR) is 111 cm³/mol. The van der Waals surface area contributed by atoms with Gasteiger partial charge in [-0.2, -0.15) is 0 Å². The molecule has 2 aliphatic heterocycles. The van der Waals surface area contributed by atoms with Crippen LogP contribution >= 0.6 is 0 Å². The topological polar surface area (TPSA) is 83.8 Å². The molecule has 2 fully saturated rings. The van der Waals surface area contributed by atoms with Crippen molar-refractivity contribution in [3.8, 4) is 17.2 Å². The summed E-state index contributed by atoms with van der Waals surface area (Å²) in [6.45, 7) is 3.09. The number of anilines is 2. The smallest absolute Gasteiger partial charge is 0.292 e. The maximum absolute atomic E-state index is 13.2. The average Bonchev–Trinajstić information content (AvgIpc) is 3.07. The van der Waals surface area contributed by atoms with Crippen LogP contribution in [-0.2, 0) is 9.59 Å². The molecule has 0 radical (unpaired) electrons. The van der Waals surface area contributed by atoms with Crippen molar-refractivity contribution in [2.24, 2.45) is 0 Å². The molecule has 2 amide bonds. The van der Waals surface area contributed by atoms with Crippen molar-refractivity contribution in [3.63, 3.8) is 0 Å². The zero-order valence-electron chi connectivity index (χ0n) is 17.1. The van der Waals surface area contributed by atoms with Gasteiger partial charge in [0.15, 0.2) is 6.04 Å². The van der Waals surface area contributed by atoms with Gasteiger partial charge in [0.1, 0.15) is 17.2 Å². The second-order valence-corrected chi connectivity index (χ2v) is 7.52. The van der Waals surface area contributed by atoms with E-state index in [1.165, 1.54) is 12.0 Å². The third kappa shape index (κ3) is 3.66. The monoisotopic (exact) mass is 412 g/mol. The molecule has 0 saturated carbocycles. The maximum atomic E-state index is 13.2. The van der Waals surface area contributed by atoms with Gasteiger partial charge in [0.25, 0.3) is 5.91 Å². The van der Waals surface area contributed by atoms with Gasteiger partial charge in [-0.15, -0.1) is 0 Å². The first-order valence-corrected chi connectivity index (χ1v) is 9.99. The summed E-state index contributed by atoms with van der Waals surface area (Å²) in [5.41, 5.74) is 1.50. The highest BCUT2D eigenvalue weighted by Gasteiger charge is 2.47. The number of phenolic OH excluding ortho intramolecular Hbond substituents is 1. The van der Waals surface area contributed by atoms with E-state index in [-0.39, 0.29) is 30.0 Å². The Hall–Kier alpha value is -3.26. The number of imide groups is 1. The van der Waals surface area contributed by atoms with Crippen molar-refractivity contribution in [3.05, 3.63) is 42.5 Å². The number of hydrogen-bond donors (Lipinski definition) is 2. The first-order valence-electron chi connectivity index (χ1n) is 9.99. The fourth-order valence-electron chi connectivity index (χ4n) is 4.24. The second-order valence-electron chi connectivity index (χ2n) is 7.52. The molecule has 0 bridgehead atoms. The van der Waals surface area contributed by atoms with E-state index in [9.17, 15) is 14.7 Å². The van der Waals surface area contributed by atoms with E-state index >= 15 is 0 Å². The zero-order valence-corrected chi connectivity index (χ0v) is 17.1. The van der Waals surface area contributed by atoms with Gasteiger partial charge in [0.2, 0.25) is 5.91 Å². The summed E-state index contributed by atoms with van der Waals surface area (Å²) >= 11 is 0. The van der Waals surface area contributed by atoms with Gasteiger partial charge in [0, 0.05) is 11.8 Å². The summed E-state index contributed by atoms with van der Waals surface area (Å²) in [4.78, 5) is 30.5. The Morgan fingerprint density at radius 1 is 1.00 bits per heavy atom. The number of aromatic hydroxyl groups is 1. The van der Waals surface area contributed by atoms with E-state index in [2.05, 4.69) is 4.90 Å². The zero-order chi connectivity index (χ0) is 21.3. The maximum Gasteiger partial charge on any atom is 0.292 e. The van der Waals surface area contributed by atoms with E-state index in [0.717, 1.165) is 36.8 Å². The fourth-order valence-corrected chi connectivity index (χ4v) is 4.24. The lowest BCUT2D eigenvalue weighted by Crippen LogP contribution is -3.19. The number of phenols is 1. The molecule has 2 aromatic carbocycles. The van der Waals surface area contributed by atoms with Crippen molar-refractivity contribution in [2.45, 2.75) is 12.5 Å². The highest BCUT2D eigenvalue weighted by atomic mass is 16.5. The molecule has 8 heteroatoms. The molecule has 2 aliphatic rings. The molecule has 158 valence electrons. The lowest BCUT2D eigenvalue weighted by molar-refractivity contribution is -0.915. The van der Waals surface area contributed by atoms with E-state index in [4.69, 9.17) is 9.47 Å². The molecule has 0 unspecified atom stereocenters.